The van der Waals surface area contributed by atoms with Gasteiger partial charge in [0.2, 0.25) is 10.5 Å². The molecule has 0 unspecified atom stereocenters. The van der Waals surface area contributed by atoms with E-state index in [0.29, 0.717) is 0 Å². The largest absolute Gasteiger partial charge is 0.281 e. The van der Waals surface area contributed by atoms with E-state index in [2.05, 4.69) is 0 Å². The van der Waals surface area contributed by atoms with E-state index in [0.717, 1.165) is 22.3 Å². The van der Waals surface area contributed by atoms with Crippen LogP contribution in [0.3, 0.4) is 0 Å². The number of carbonyl (C=O) groups excluding carboxylic acids is 2. The van der Waals surface area contributed by atoms with E-state index < -0.39 is 10.5 Å². The molecule has 0 spiro atoms. The van der Waals surface area contributed by atoms with Crippen LogP contribution in [0.25, 0.3) is 11.1 Å². The van der Waals surface area contributed by atoms with Crippen molar-refractivity contribution in [2.75, 3.05) is 0 Å². The van der Waals surface area contributed by atoms with E-state index in [4.69, 9.17) is 23.2 Å². The molecule has 0 aliphatic heterocycles. The molecular weight excluding hydrogens is 295 g/mol. The van der Waals surface area contributed by atoms with Gasteiger partial charge in [-0.15, -0.1) is 0 Å². The summed E-state index contributed by atoms with van der Waals surface area (Å²) in [6.45, 7) is 0. The molecule has 0 saturated heterocycles. The summed E-state index contributed by atoms with van der Waals surface area (Å²) in [5.41, 5.74) is 3.47. The third-order valence-electron chi connectivity index (χ3n) is 2.98. The Morgan fingerprint density at radius 1 is 0.700 bits per heavy atom. The Balaban J connectivity index is 2.51. The lowest BCUT2D eigenvalue weighted by atomic mass is 9.93. The van der Waals surface area contributed by atoms with E-state index in [1.807, 2.05) is 48.5 Å². The first-order valence-corrected chi connectivity index (χ1v) is 6.86. The maximum atomic E-state index is 11.1. The fraction of sp³-hybridized carbons (Fsp3) is 0.125. The zero-order chi connectivity index (χ0) is 14.5. The van der Waals surface area contributed by atoms with Crippen molar-refractivity contribution in [3.05, 3.63) is 59.7 Å². The van der Waals surface area contributed by atoms with Gasteiger partial charge in [-0.1, -0.05) is 48.5 Å². The molecule has 102 valence electrons. The maximum absolute atomic E-state index is 11.1. The molecule has 20 heavy (non-hydrogen) atoms. The van der Waals surface area contributed by atoms with Crippen molar-refractivity contribution < 1.29 is 9.59 Å². The van der Waals surface area contributed by atoms with Gasteiger partial charge in [0.05, 0.1) is 0 Å². The number of hydrogen-bond acceptors (Lipinski definition) is 2. The lowest BCUT2D eigenvalue weighted by molar-refractivity contribution is -0.111. The lowest BCUT2D eigenvalue weighted by Gasteiger charge is -2.12. The van der Waals surface area contributed by atoms with Crippen molar-refractivity contribution in [2.24, 2.45) is 0 Å². The number of halogens is 2. The highest BCUT2D eigenvalue weighted by molar-refractivity contribution is 6.64. The molecule has 0 fully saturated rings. The van der Waals surface area contributed by atoms with Gasteiger partial charge in [0, 0.05) is 12.8 Å². The number of hydrogen-bond donors (Lipinski definition) is 0. The van der Waals surface area contributed by atoms with Crippen molar-refractivity contribution in [1.82, 2.24) is 0 Å². The average Bonchev–Trinajstić information content (AvgIpc) is 2.39. The zero-order valence-corrected chi connectivity index (χ0v) is 12.1. The van der Waals surface area contributed by atoms with Gasteiger partial charge in [-0.2, -0.15) is 0 Å². The maximum Gasteiger partial charge on any atom is 0.226 e. The minimum Gasteiger partial charge on any atom is -0.281 e. The smallest absolute Gasteiger partial charge is 0.226 e. The first kappa shape index (κ1) is 14.8. The van der Waals surface area contributed by atoms with Gasteiger partial charge in [-0.05, 0) is 45.5 Å². The second kappa shape index (κ2) is 6.69. The molecule has 2 aromatic carbocycles. The van der Waals surface area contributed by atoms with Crippen LogP contribution in [0.5, 0.6) is 0 Å². The molecule has 2 rings (SSSR count). The minimum atomic E-state index is -0.414. The fourth-order valence-electron chi connectivity index (χ4n) is 2.17. The molecule has 2 nitrogen and oxygen atoms in total. The van der Waals surface area contributed by atoms with Gasteiger partial charge in [-0.25, -0.2) is 0 Å². The van der Waals surface area contributed by atoms with Crippen LogP contribution in [0.4, 0.5) is 0 Å². The molecule has 0 aliphatic carbocycles. The Morgan fingerprint density at radius 2 is 1.05 bits per heavy atom. The Labute approximate surface area is 127 Å². The molecule has 0 bridgehead atoms. The van der Waals surface area contributed by atoms with Crippen molar-refractivity contribution in [3.63, 3.8) is 0 Å². The molecule has 0 aromatic heterocycles. The van der Waals surface area contributed by atoms with Crippen LogP contribution < -0.4 is 0 Å². The van der Waals surface area contributed by atoms with Crippen LogP contribution in [0.1, 0.15) is 11.1 Å². The third-order valence-corrected chi connectivity index (χ3v) is 3.25. The monoisotopic (exact) mass is 306 g/mol. The first-order valence-electron chi connectivity index (χ1n) is 6.11. The highest BCUT2D eigenvalue weighted by Gasteiger charge is 2.12. The van der Waals surface area contributed by atoms with Gasteiger partial charge in [-0.3, -0.25) is 9.59 Å². The molecule has 0 radical (unpaired) electrons. The SMILES string of the molecule is O=C(Cl)Cc1ccccc1-c1ccccc1CC(=O)Cl. The van der Waals surface area contributed by atoms with E-state index in [1.165, 1.54) is 0 Å². The summed E-state index contributed by atoms with van der Waals surface area (Å²) in [7, 11) is 0. The van der Waals surface area contributed by atoms with Gasteiger partial charge in [0.1, 0.15) is 0 Å². The van der Waals surface area contributed by atoms with Crippen LogP contribution in [-0.4, -0.2) is 10.5 Å². The average molecular weight is 307 g/mol. The van der Waals surface area contributed by atoms with Crippen molar-refractivity contribution in [3.8, 4) is 11.1 Å². The van der Waals surface area contributed by atoms with Crippen LogP contribution in [0.15, 0.2) is 48.5 Å². The second-order valence-corrected chi connectivity index (χ2v) is 5.22. The molecule has 4 heteroatoms. The predicted octanol–water partition coefficient (Wildman–Crippen LogP) is 3.97. The number of carbonyl (C=O) groups is 2. The molecule has 0 heterocycles. The van der Waals surface area contributed by atoms with Gasteiger partial charge in [0.15, 0.2) is 0 Å². The summed E-state index contributed by atoms with van der Waals surface area (Å²) in [5.74, 6) is 0. The van der Waals surface area contributed by atoms with E-state index >= 15 is 0 Å². The Bertz CT molecular complexity index is 593. The van der Waals surface area contributed by atoms with Gasteiger partial charge in [0.25, 0.3) is 0 Å². The first-order chi connectivity index (χ1) is 9.58. The van der Waals surface area contributed by atoms with Gasteiger partial charge < -0.3 is 0 Å². The van der Waals surface area contributed by atoms with E-state index in [-0.39, 0.29) is 12.8 Å². The summed E-state index contributed by atoms with van der Waals surface area (Å²) in [6.07, 6.45) is 0.307. The fourth-order valence-corrected chi connectivity index (χ4v) is 2.46. The predicted molar refractivity (Wildman–Crippen MR) is 81.0 cm³/mol. The molecule has 0 aliphatic rings. The molecular formula is C16H12Cl2O2. The standard InChI is InChI=1S/C16H12Cl2O2/c17-15(19)9-11-5-1-3-7-13(11)14-8-4-2-6-12(14)10-16(18)20/h1-8H,9-10H2. The molecule has 0 N–H and O–H groups in total. The van der Waals surface area contributed by atoms with Crippen LogP contribution in [-0.2, 0) is 22.4 Å². The Hall–Kier alpha value is -1.64. The van der Waals surface area contributed by atoms with Crippen molar-refractivity contribution in [1.29, 1.82) is 0 Å². The summed E-state index contributed by atoms with van der Waals surface area (Å²) in [5, 5.41) is -0.827. The molecule has 0 atom stereocenters. The molecule has 0 amide bonds. The van der Waals surface area contributed by atoms with E-state index in [9.17, 15) is 9.59 Å². The highest BCUT2D eigenvalue weighted by Crippen LogP contribution is 2.28. The number of benzene rings is 2. The summed E-state index contributed by atoms with van der Waals surface area (Å²) in [4.78, 5) is 22.3. The molecule has 0 saturated carbocycles. The van der Waals surface area contributed by atoms with Crippen LogP contribution in [0.2, 0.25) is 0 Å². The molecule has 2 aromatic rings. The van der Waals surface area contributed by atoms with Crippen LogP contribution in [0, 0.1) is 0 Å². The lowest BCUT2D eigenvalue weighted by Crippen LogP contribution is -2.00. The number of rotatable bonds is 5. The second-order valence-electron chi connectivity index (χ2n) is 4.38. The topological polar surface area (TPSA) is 34.1 Å². The van der Waals surface area contributed by atoms with Gasteiger partial charge >= 0.3 is 0 Å². The summed E-state index contributed by atoms with van der Waals surface area (Å²) >= 11 is 11.0. The van der Waals surface area contributed by atoms with Crippen LogP contribution >= 0.6 is 23.2 Å². The third kappa shape index (κ3) is 3.69. The van der Waals surface area contributed by atoms with E-state index in [1.54, 1.807) is 0 Å². The quantitative estimate of drug-likeness (QED) is 0.783. The Morgan fingerprint density at radius 3 is 1.40 bits per heavy atom. The minimum absolute atomic E-state index is 0.154. The highest BCUT2D eigenvalue weighted by atomic mass is 35.5. The normalized spacial score (nSPS) is 10.3. The Kier molecular flexibility index (Phi) is 4.94. The summed E-state index contributed by atoms with van der Waals surface area (Å²) in [6, 6.07) is 15.0. The van der Waals surface area contributed by atoms with Crippen molar-refractivity contribution in [2.45, 2.75) is 12.8 Å². The summed E-state index contributed by atoms with van der Waals surface area (Å²) < 4.78 is 0. The van der Waals surface area contributed by atoms with Crippen molar-refractivity contribution >= 4 is 33.7 Å². The zero-order valence-electron chi connectivity index (χ0n) is 10.6.